The van der Waals surface area contributed by atoms with Crippen molar-refractivity contribution in [3.05, 3.63) is 41.2 Å². The standard InChI is InChI=1S/C19H21N5O4/c1-11(25)5-6-12-9-24(22-21-12)15-4-2-3-13-14(15)10-23(19(13)28)16-7-8-17(26)20-18(16)27/h2-4,9,11,16,25H,5-8,10H2,1H3,(H,20,26,27). The van der Waals surface area contributed by atoms with Gasteiger partial charge in [-0.25, -0.2) is 4.68 Å². The predicted molar refractivity (Wildman–Crippen MR) is 97.4 cm³/mol. The van der Waals surface area contributed by atoms with Crippen LogP contribution in [-0.2, 0) is 22.6 Å². The van der Waals surface area contributed by atoms with Crippen molar-refractivity contribution in [2.45, 2.75) is 51.3 Å². The number of aryl methyl sites for hydroxylation is 1. The third-order valence-electron chi connectivity index (χ3n) is 5.16. The van der Waals surface area contributed by atoms with E-state index in [1.165, 1.54) is 4.90 Å². The Kier molecular flexibility index (Phi) is 4.68. The van der Waals surface area contributed by atoms with E-state index in [9.17, 15) is 19.5 Å². The van der Waals surface area contributed by atoms with Crippen molar-refractivity contribution in [3.63, 3.8) is 0 Å². The number of fused-ring (bicyclic) bond motifs is 1. The molecule has 0 bridgehead atoms. The fraction of sp³-hybridized carbons (Fsp3) is 0.421. The summed E-state index contributed by atoms with van der Waals surface area (Å²) >= 11 is 0. The van der Waals surface area contributed by atoms with E-state index in [4.69, 9.17) is 0 Å². The second-order valence-corrected chi connectivity index (χ2v) is 7.25. The highest BCUT2D eigenvalue weighted by atomic mass is 16.3. The summed E-state index contributed by atoms with van der Waals surface area (Å²) in [5.41, 5.74) is 2.80. The second-order valence-electron chi connectivity index (χ2n) is 7.25. The molecule has 0 saturated carbocycles. The summed E-state index contributed by atoms with van der Waals surface area (Å²) in [5, 5.41) is 20.0. The first kappa shape index (κ1) is 18.3. The Morgan fingerprint density at radius 3 is 2.89 bits per heavy atom. The van der Waals surface area contributed by atoms with Gasteiger partial charge in [-0.05, 0) is 38.3 Å². The zero-order valence-electron chi connectivity index (χ0n) is 15.5. The van der Waals surface area contributed by atoms with Gasteiger partial charge in [0.25, 0.3) is 5.91 Å². The predicted octanol–water partition coefficient (Wildman–Crippen LogP) is 0.342. The van der Waals surface area contributed by atoms with E-state index in [0.29, 0.717) is 24.8 Å². The molecule has 2 aromatic rings. The van der Waals surface area contributed by atoms with Gasteiger partial charge in [0.05, 0.1) is 23.7 Å². The highest BCUT2D eigenvalue weighted by Gasteiger charge is 2.40. The van der Waals surface area contributed by atoms with E-state index in [0.717, 1.165) is 16.9 Å². The van der Waals surface area contributed by atoms with Gasteiger partial charge in [0, 0.05) is 24.1 Å². The first-order valence-corrected chi connectivity index (χ1v) is 9.30. The number of benzene rings is 1. The van der Waals surface area contributed by atoms with Gasteiger partial charge in [-0.1, -0.05) is 11.3 Å². The lowest BCUT2D eigenvalue weighted by atomic mass is 10.0. The summed E-state index contributed by atoms with van der Waals surface area (Å²) in [6.45, 7) is 2.00. The normalized spacial score (nSPS) is 20.3. The van der Waals surface area contributed by atoms with Crippen LogP contribution in [0.15, 0.2) is 24.4 Å². The van der Waals surface area contributed by atoms with Gasteiger partial charge in [0.1, 0.15) is 6.04 Å². The Labute approximate surface area is 161 Å². The van der Waals surface area contributed by atoms with Crippen LogP contribution in [0.3, 0.4) is 0 Å². The number of piperidine rings is 1. The maximum atomic E-state index is 12.9. The number of aliphatic hydroxyl groups excluding tert-OH is 1. The average Bonchev–Trinajstić information content (AvgIpc) is 3.25. The molecular weight excluding hydrogens is 362 g/mol. The van der Waals surface area contributed by atoms with Crippen LogP contribution in [-0.4, -0.2) is 54.9 Å². The summed E-state index contributed by atoms with van der Waals surface area (Å²) < 4.78 is 1.62. The molecule has 2 atom stereocenters. The van der Waals surface area contributed by atoms with Crippen molar-refractivity contribution >= 4 is 17.7 Å². The van der Waals surface area contributed by atoms with Crippen LogP contribution in [0.2, 0.25) is 0 Å². The minimum absolute atomic E-state index is 0.221. The number of amides is 3. The third-order valence-corrected chi connectivity index (χ3v) is 5.16. The highest BCUT2D eigenvalue weighted by molar-refractivity contribution is 6.05. The molecule has 2 aliphatic rings. The molecule has 2 N–H and O–H groups in total. The fourth-order valence-electron chi connectivity index (χ4n) is 3.67. The molecule has 3 heterocycles. The Bertz CT molecular complexity index is 952. The van der Waals surface area contributed by atoms with E-state index in [1.54, 1.807) is 29.9 Å². The Balaban J connectivity index is 1.60. The molecule has 4 rings (SSSR count). The number of carbonyl (C=O) groups is 3. The van der Waals surface area contributed by atoms with Crippen molar-refractivity contribution in [1.82, 2.24) is 25.2 Å². The number of rotatable bonds is 5. The summed E-state index contributed by atoms with van der Waals surface area (Å²) in [6, 6.07) is 4.71. The van der Waals surface area contributed by atoms with Crippen molar-refractivity contribution in [3.8, 4) is 5.69 Å². The largest absolute Gasteiger partial charge is 0.393 e. The van der Waals surface area contributed by atoms with E-state index in [-0.39, 0.29) is 24.8 Å². The van der Waals surface area contributed by atoms with Crippen LogP contribution >= 0.6 is 0 Å². The minimum atomic E-state index is -0.650. The first-order valence-electron chi connectivity index (χ1n) is 9.30. The Morgan fingerprint density at radius 2 is 2.14 bits per heavy atom. The number of nitrogens with one attached hydrogen (secondary N) is 1. The molecule has 0 radical (unpaired) electrons. The zero-order chi connectivity index (χ0) is 19.8. The van der Waals surface area contributed by atoms with E-state index in [2.05, 4.69) is 15.6 Å². The molecule has 28 heavy (non-hydrogen) atoms. The molecule has 1 aromatic heterocycles. The van der Waals surface area contributed by atoms with E-state index in [1.807, 2.05) is 6.07 Å². The Morgan fingerprint density at radius 1 is 1.32 bits per heavy atom. The summed E-state index contributed by atoms with van der Waals surface area (Å²) in [5.74, 6) is -0.959. The molecule has 0 spiro atoms. The van der Waals surface area contributed by atoms with Crippen molar-refractivity contribution in [2.24, 2.45) is 0 Å². The van der Waals surface area contributed by atoms with Crippen molar-refractivity contribution in [2.75, 3.05) is 0 Å². The van der Waals surface area contributed by atoms with Gasteiger partial charge in [-0.15, -0.1) is 5.10 Å². The average molecular weight is 383 g/mol. The quantitative estimate of drug-likeness (QED) is 0.719. The molecule has 1 aromatic carbocycles. The van der Waals surface area contributed by atoms with Crippen LogP contribution in [0.5, 0.6) is 0 Å². The lowest BCUT2D eigenvalue weighted by Gasteiger charge is -2.29. The SMILES string of the molecule is CC(O)CCc1cn(-c2cccc3c2CN(C2CCC(=O)NC2=O)C3=O)nn1. The molecule has 9 nitrogen and oxygen atoms in total. The lowest BCUT2D eigenvalue weighted by molar-refractivity contribution is -0.136. The summed E-state index contributed by atoms with van der Waals surface area (Å²) in [4.78, 5) is 38.0. The van der Waals surface area contributed by atoms with Crippen molar-refractivity contribution < 1.29 is 19.5 Å². The molecule has 0 aliphatic carbocycles. The summed E-state index contributed by atoms with van der Waals surface area (Å²) in [6.07, 6.45) is 3.12. The maximum Gasteiger partial charge on any atom is 0.255 e. The van der Waals surface area contributed by atoms with Gasteiger partial charge in [0.2, 0.25) is 11.8 Å². The van der Waals surface area contributed by atoms with E-state index >= 15 is 0 Å². The number of hydrogen-bond acceptors (Lipinski definition) is 6. The van der Waals surface area contributed by atoms with Gasteiger partial charge < -0.3 is 10.0 Å². The highest BCUT2D eigenvalue weighted by Crippen LogP contribution is 2.31. The second kappa shape index (κ2) is 7.16. The van der Waals surface area contributed by atoms with Gasteiger partial charge in [-0.2, -0.15) is 0 Å². The van der Waals surface area contributed by atoms with Crippen LogP contribution in [0.25, 0.3) is 5.69 Å². The minimum Gasteiger partial charge on any atom is -0.393 e. The van der Waals surface area contributed by atoms with Gasteiger partial charge in [0.15, 0.2) is 0 Å². The topological polar surface area (TPSA) is 117 Å². The van der Waals surface area contributed by atoms with Crippen LogP contribution in [0, 0.1) is 0 Å². The van der Waals surface area contributed by atoms with E-state index < -0.39 is 18.1 Å². The number of carbonyl (C=O) groups excluding carboxylic acids is 3. The molecule has 9 heteroatoms. The molecule has 2 aliphatic heterocycles. The molecule has 3 amide bonds. The number of aliphatic hydroxyl groups is 1. The van der Waals surface area contributed by atoms with Gasteiger partial charge in [-0.3, -0.25) is 19.7 Å². The number of aromatic nitrogens is 3. The smallest absolute Gasteiger partial charge is 0.255 e. The number of hydrogen-bond donors (Lipinski definition) is 2. The monoisotopic (exact) mass is 383 g/mol. The third kappa shape index (κ3) is 3.29. The van der Waals surface area contributed by atoms with Gasteiger partial charge >= 0.3 is 0 Å². The molecule has 146 valence electrons. The first-order chi connectivity index (χ1) is 13.4. The summed E-state index contributed by atoms with van der Waals surface area (Å²) in [7, 11) is 0. The molecular formula is C19H21N5O4. The number of imide groups is 1. The van der Waals surface area contributed by atoms with Crippen LogP contribution < -0.4 is 5.32 Å². The molecule has 2 unspecified atom stereocenters. The van der Waals surface area contributed by atoms with Crippen molar-refractivity contribution in [1.29, 1.82) is 0 Å². The van der Waals surface area contributed by atoms with Crippen LogP contribution in [0.1, 0.15) is 47.8 Å². The lowest BCUT2D eigenvalue weighted by Crippen LogP contribution is -2.52. The number of nitrogens with zero attached hydrogens (tertiary/aromatic N) is 4. The molecule has 1 saturated heterocycles. The maximum absolute atomic E-state index is 12.9. The zero-order valence-corrected chi connectivity index (χ0v) is 15.5. The van der Waals surface area contributed by atoms with Crippen LogP contribution in [0.4, 0.5) is 0 Å². The molecule has 1 fully saturated rings. The Hall–Kier alpha value is -3.07. The fourth-order valence-corrected chi connectivity index (χ4v) is 3.67.